The highest BCUT2D eigenvalue weighted by atomic mass is 32.2. The molecule has 14 heteroatoms. The number of hydrogen-bond acceptors (Lipinski definition) is 6. The minimum Gasteiger partial charge on any atom is -0.372 e. The number of alkyl halides is 5. The molecular formula is C17H17F5N2O5S2. The fraction of sp³-hybridized carbons (Fsp3) is 0.471. The maximum atomic E-state index is 13.2. The molecule has 2 atom stereocenters. The third kappa shape index (κ3) is 4.32. The molecule has 1 unspecified atom stereocenters. The molecule has 0 bridgehead atoms. The van der Waals surface area contributed by atoms with E-state index in [1.165, 1.54) is 6.92 Å². The van der Waals surface area contributed by atoms with Gasteiger partial charge < -0.3 is 4.74 Å². The number of aromatic amines is 1. The quantitative estimate of drug-likeness (QED) is 0.646. The van der Waals surface area contributed by atoms with Crippen LogP contribution in [0.15, 0.2) is 40.3 Å². The van der Waals surface area contributed by atoms with Gasteiger partial charge in [0.25, 0.3) is 9.84 Å². The number of nitrogens with zero attached hydrogens (tertiary/aromatic N) is 1. The number of benzene rings is 1. The summed E-state index contributed by atoms with van der Waals surface area (Å²) in [4.78, 5) is -0.518. The molecule has 172 valence electrons. The van der Waals surface area contributed by atoms with Gasteiger partial charge in [-0.1, -0.05) is 6.07 Å². The van der Waals surface area contributed by atoms with Crippen LogP contribution in [0.5, 0.6) is 0 Å². The van der Waals surface area contributed by atoms with Crippen molar-refractivity contribution < 1.29 is 43.5 Å². The van der Waals surface area contributed by atoms with Gasteiger partial charge in [0, 0.05) is 12.7 Å². The van der Waals surface area contributed by atoms with Crippen molar-refractivity contribution in [2.75, 3.05) is 6.61 Å². The summed E-state index contributed by atoms with van der Waals surface area (Å²) >= 11 is 0. The van der Waals surface area contributed by atoms with Crippen LogP contribution >= 0.6 is 0 Å². The topological polar surface area (TPSA) is 106 Å². The van der Waals surface area contributed by atoms with E-state index in [1.54, 1.807) is 0 Å². The normalized spacial score (nSPS) is 23.3. The Balaban J connectivity index is 1.93. The minimum atomic E-state index is -4.97. The van der Waals surface area contributed by atoms with Crippen LogP contribution in [0.25, 0.3) is 0 Å². The molecule has 2 aromatic rings. The Labute approximate surface area is 174 Å². The molecule has 0 amide bonds. The van der Waals surface area contributed by atoms with Crippen molar-refractivity contribution in [3.63, 3.8) is 0 Å². The highest BCUT2D eigenvalue weighted by Crippen LogP contribution is 2.42. The van der Waals surface area contributed by atoms with E-state index in [0.717, 1.165) is 24.3 Å². The van der Waals surface area contributed by atoms with Gasteiger partial charge in [-0.2, -0.15) is 27.1 Å². The van der Waals surface area contributed by atoms with Crippen LogP contribution < -0.4 is 0 Å². The SMILES string of the molecule is CC1(S(=O)(=O)c2cccc(C(F)(F)F)c2)CCO[C@H](c2cc(S(=O)(=O)C(F)F)n[nH]2)C1. The van der Waals surface area contributed by atoms with E-state index in [4.69, 9.17) is 4.74 Å². The molecule has 1 fully saturated rings. The molecule has 1 aliphatic rings. The largest absolute Gasteiger partial charge is 0.416 e. The summed E-state index contributed by atoms with van der Waals surface area (Å²) in [6.07, 6.45) is -6.08. The number of aromatic nitrogens is 2. The highest BCUT2D eigenvalue weighted by molar-refractivity contribution is 7.92. The van der Waals surface area contributed by atoms with E-state index in [1.807, 2.05) is 0 Å². The van der Waals surface area contributed by atoms with Gasteiger partial charge in [0.05, 0.1) is 20.9 Å². The molecule has 31 heavy (non-hydrogen) atoms. The van der Waals surface area contributed by atoms with E-state index < -0.39 is 57.9 Å². The van der Waals surface area contributed by atoms with Crippen LogP contribution in [-0.4, -0.2) is 44.1 Å². The Kier molecular flexibility index (Phi) is 5.95. The average molecular weight is 488 g/mol. The number of rotatable bonds is 5. The lowest BCUT2D eigenvalue weighted by molar-refractivity contribution is -0.137. The number of sulfone groups is 2. The first-order chi connectivity index (χ1) is 14.2. The third-order valence-electron chi connectivity index (χ3n) is 5.13. The highest BCUT2D eigenvalue weighted by Gasteiger charge is 2.46. The van der Waals surface area contributed by atoms with Crippen molar-refractivity contribution in [3.8, 4) is 0 Å². The van der Waals surface area contributed by atoms with Crippen molar-refractivity contribution in [3.05, 3.63) is 41.6 Å². The fourth-order valence-corrected chi connectivity index (χ4v) is 5.74. The lowest BCUT2D eigenvalue weighted by Gasteiger charge is -2.37. The maximum Gasteiger partial charge on any atom is 0.416 e. The Morgan fingerprint density at radius 1 is 1.19 bits per heavy atom. The molecule has 3 rings (SSSR count). The van der Waals surface area contributed by atoms with Gasteiger partial charge in [0.15, 0.2) is 14.9 Å². The predicted molar refractivity (Wildman–Crippen MR) is 96.7 cm³/mol. The summed E-state index contributed by atoms with van der Waals surface area (Å²) < 4.78 is 118. The fourth-order valence-electron chi connectivity index (χ4n) is 3.26. The summed E-state index contributed by atoms with van der Waals surface area (Å²) in [5, 5.41) is 4.68. The minimum absolute atomic E-state index is 0.0376. The van der Waals surface area contributed by atoms with E-state index in [0.29, 0.717) is 6.07 Å². The first kappa shape index (κ1) is 23.6. The second-order valence-corrected chi connectivity index (χ2v) is 11.6. The monoisotopic (exact) mass is 488 g/mol. The molecule has 1 saturated heterocycles. The number of halogens is 5. The van der Waals surface area contributed by atoms with Crippen molar-refractivity contribution in [2.45, 2.75) is 52.5 Å². The number of H-pyrrole nitrogens is 1. The molecule has 1 N–H and O–H groups in total. The molecular weight excluding hydrogens is 471 g/mol. The molecule has 1 aromatic heterocycles. The molecule has 0 saturated carbocycles. The zero-order valence-electron chi connectivity index (χ0n) is 15.9. The van der Waals surface area contributed by atoms with E-state index in [-0.39, 0.29) is 25.1 Å². The number of nitrogens with one attached hydrogen (secondary N) is 1. The summed E-state index contributed by atoms with van der Waals surface area (Å²) in [5.41, 5.74) is -1.15. The second kappa shape index (κ2) is 7.81. The van der Waals surface area contributed by atoms with Crippen LogP contribution in [0.4, 0.5) is 22.0 Å². The first-order valence-corrected chi connectivity index (χ1v) is 11.8. The average Bonchev–Trinajstić information content (AvgIpc) is 3.18. The lowest BCUT2D eigenvalue weighted by Crippen LogP contribution is -2.42. The standard InChI is InChI=1S/C17H17F5N2O5S2/c1-16(31(27,28)11-4-2-3-10(7-11)17(20,21)22)5-6-29-13(9-16)12-8-14(24-23-12)30(25,26)15(18)19/h2-4,7-8,13,15H,5-6,9H2,1H3,(H,23,24)/t13-,16?/m0/s1. The molecule has 7 nitrogen and oxygen atoms in total. The molecule has 1 aliphatic heterocycles. The molecule has 0 radical (unpaired) electrons. The Hall–Kier alpha value is -2.06. The predicted octanol–water partition coefficient (Wildman–Crippen LogP) is 3.51. The van der Waals surface area contributed by atoms with Gasteiger partial charge in [-0.25, -0.2) is 16.8 Å². The smallest absolute Gasteiger partial charge is 0.372 e. The second-order valence-electron chi connectivity index (χ2n) is 7.26. The van der Waals surface area contributed by atoms with E-state index in [2.05, 4.69) is 10.2 Å². The molecule has 1 aromatic carbocycles. The summed E-state index contributed by atoms with van der Waals surface area (Å²) in [7, 11) is -9.24. The van der Waals surface area contributed by atoms with Gasteiger partial charge >= 0.3 is 11.9 Å². The van der Waals surface area contributed by atoms with Crippen LogP contribution in [0.1, 0.15) is 37.1 Å². The van der Waals surface area contributed by atoms with Crippen LogP contribution in [0.2, 0.25) is 0 Å². The van der Waals surface area contributed by atoms with E-state index >= 15 is 0 Å². The van der Waals surface area contributed by atoms with Crippen molar-refractivity contribution in [1.82, 2.24) is 10.2 Å². The zero-order chi connectivity index (χ0) is 23.2. The van der Waals surface area contributed by atoms with Gasteiger partial charge in [-0.3, -0.25) is 5.10 Å². The van der Waals surface area contributed by atoms with Gasteiger partial charge in [-0.15, -0.1) is 0 Å². The first-order valence-electron chi connectivity index (χ1n) is 8.79. The Morgan fingerprint density at radius 2 is 1.87 bits per heavy atom. The zero-order valence-corrected chi connectivity index (χ0v) is 17.5. The molecule has 0 spiro atoms. The van der Waals surface area contributed by atoms with E-state index in [9.17, 15) is 38.8 Å². The Morgan fingerprint density at radius 3 is 2.48 bits per heavy atom. The van der Waals surface area contributed by atoms with Crippen LogP contribution in [0.3, 0.4) is 0 Å². The number of hydrogen-bond donors (Lipinski definition) is 1. The van der Waals surface area contributed by atoms with Gasteiger partial charge in [0.2, 0.25) is 0 Å². The molecule has 2 heterocycles. The Bertz CT molecular complexity index is 1180. The summed E-state index contributed by atoms with van der Waals surface area (Å²) in [5.74, 6) is -3.69. The third-order valence-corrected chi connectivity index (χ3v) is 8.94. The maximum absolute atomic E-state index is 13.2. The molecule has 0 aliphatic carbocycles. The van der Waals surface area contributed by atoms with Gasteiger partial charge in [-0.05, 0) is 38.0 Å². The van der Waals surface area contributed by atoms with Crippen molar-refractivity contribution in [2.24, 2.45) is 0 Å². The summed E-state index contributed by atoms with van der Waals surface area (Å²) in [6.45, 7) is 1.22. The number of ether oxygens (including phenoxy) is 1. The van der Waals surface area contributed by atoms with Crippen LogP contribution in [0, 0.1) is 0 Å². The lowest BCUT2D eigenvalue weighted by atomic mass is 9.95. The van der Waals surface area contributed by atoms with Crippen molar-refractivity contribution >= 4 is 19.7 Å². The summed E-state index contributed by atoms with van der Waals surface area (Å²) in [6, 6.07) is 4.18. The van der Waals surface area contributed by atoms with Crippen molar-refractivity contribution in [1.29, 1.82) is 0 Å². The van der Waals surface area contributed by atoms with Gasteiger partial charge in [0.1, 0.15) is 6.10 Å². The van der Waals surface area contributed by atoms with Crippen LogP contribution in [-0.2, 0) is 30.6 Å².